The molecule has 19 heavy (non-hydrogen) atoms. The number of hydrogen-bond donors (Lipinski definition) is 1. The van der Waals surface area contributed by atoms with Gasteiger partial charge in [0.1, 0.15) is 0 Å². The number of benzene rings is 1. The second kappa shape index (κ2) is 4.05. The van der Waals surface area contributed by atoms with Crippen LogP contribution in [0, 0.1) is 12.8 Å². The van der Waals surface area contributed by atoms with Crippen LogP contribution in [0.5, 0.6) is 0 Å². The molecule has 2 N–H and O–H groups in total. The van der Waals surface area contributed by atoms with Crippen molar-refractivity contribution in [3.63, 3.8) is 0 Å². The van der Waals surface area contributed by atoms with Gasteiger partial charge in [-0.25, -0.2) is 0 Å². The van der Waals surface area contributed by atoms with E-state index in [2.05, 4.69) is 41.0 Å². The monoisotopic (exact) mass is 257 g/mol. The molecule has 4 fully saturated rings. The molecule has 5 rings (SSSR count). The van der Waals surface area contributed by atoms with Gasteiger partial charge in [-0.2, -0.15) is 0 Å². The van der Waals surface area contributed by atoms with E-state index in [-0.39, 0.29) is 5.41 Å². The number of aryl methyl sites for hydroxylation is 1. The van der Waals surface area contributed by atoms with Crippen LogP contribution in [0.4, 0.5) is 0 Å². The van der Waals surface area contributed by atoms with Crippen LogP contribution in [0.3, 0.4) is 0 Å². The molecule has 102 valence electrons. The van der Waals surface area contributed by atoms with Gasteiger partial charge in [-0.1, -0.05) is 29.8 Å². The third-order valence-electron chi connectivity index (χ3n) is 5.50. The molecule has 0 saturated carbocycles. The van der Waals surface area contributed by atoms with Crippen LogP contribution in [-0.2, 0) is 5.41 Å². The van der Waals surface area contributed by atoms with Crippen molar-refractivity contribution in [3.8, 4) is 0 Å². The smallest absolute Gasteiger partial charge is 0.0362 e. The van der Waals surface area contributed by atoms with Crippen molar-refractivity contribution in [2.75, 3.05) is 39.3 Å². The normalized spacial score (nSPS) is 44.3. The summed E-state index contributed by atoms with van der Waals surface area (Å²) in [5.74, 6) is 0.645. The van der Waals surface area contributed by atoms with Gasteiger partial charge in [0.2, 0.25) is 0 Å². The van der Waals surface area contributed by atoms with Crippen molar-refractivity contribution in [2.24, 2.45) is 11.7 Å². The van der Waals surface area contributed by atoms with Crippen molar-refractivity contribution >= 4 is 0 Å². The van der Waals surface area contributed by atoms with Crippen molar-refractivity contribution in [3.05, 3.63) is 35.4 Å². The second-order valence-electron chi connectivity index (χ2n) is 6.78. The Bertz CT molecular complexity index is 465. The maximum Gasteiger partial charge on any atom is 0.0362 e. The molecule has 4 saturated heterocycles. The van der Waals surface area contributed by atoms with Gasteiger partial charge in [-0.05, 0) is 12.5 Å². The lowest BCUT2D eigenvalue weighted by molar-refractivity contribution is 0.0353. The third-order valence-corrected chi connectivity index (χ3v) is 5.50. The highest BCUT2D eigenvalue weighted by molar-refractivity contribution is 5.34. The second-order valence-corrected chi connectivity index (χ2v) is 6.78. The lowest BCUT2D eigenvalue weighted by atomic mass is 9.64. The van der Waals surface area contributed by atoms with Gasteiger partial charge in [0, 0.05) is 56.6 Å². The highest BCUT2D eigenvalue weighted by atomic mass is 15.3. The Morgan fingerprint density at radius 1 is 1.05 bits per heavy atom. The van der Waals surface area contributed by atoms with E-state index in [4.69, 9.17) is 5.73 Å². The molecule has 3 unspecified atom stereocenters. The predicted molar refractivity (Wildman–Crippen MR) is 77.2 cm³/mol. The largest absolute Gasteiger partial charge is 0.326 e. The molecular weight excluding hydrogens is 234 g/mol. The zero-order chi connectivity index (χ0) is 13.0. The minimum atomic E-state index is 0.158. The molecule has 4 heterocycles. The highest BCUT2D eigenvalue weighted by Gasteiger charge is 2.53. The van der Waals surface area contributed by atoms with Gasteiger partial charge in [0.05, 0.1) is 0 Å². The average Bonchev–Trinajstić information content (AvgIpc) is 2.64. The Hall–Kier alpha value is -0.900. The topological polar surface area (TPSA) is 32.5 Å². The number of nitrogens with two attached hydrogens (primary N) is 1. The summed E-state index contributed by atoms with van der Waals surface area (Å²) < 4.78 is 0. The average molecular weight is 257 g/mol. The SMILES string of the molecule is Cc1ccc(C23CN4CCN(CC(C4)C2N)C3)cc1. The molecule has 0 aliphatic carbocycles. The molecule has 0 radical (unpaired) electrons. The van der Waals surface area contributed by atoms with E-state index in [0.717, 1.165) is 13.1 Å². The molecule has 3 nitrogen and oxygen atoms in total. The summed E-state index contributed by atoms with van der Waals surface area (Å²) >= 11 is 0. The van der Waals surface area contributed by atoms with Gasteiger partial charge in [0.15, 0.2) is 0 Å². The summed E-state index contributed by atoms with van der Waals surface area (Å²) in [6.45, 7) is 9.28. The van der Waals surface area contributed by atoms with Crippen LogP contribution >= 0.6 is 0 Å². The van der Waals surface area contributed by atoms with Crippen LogP contribution in [-0.4, -0.2) is 55.1 Å². The van der Waals surface area contributed by atoms with Crippen LogP contribution in [0.2, 0.25) is 0 Å². The number of nitrogens with zero attached hydrogens (tertiary/aromatic N) is 2. The van der Waals surface area contributed by atoms with E-state index in [1.54, 1.807) is 0 Å². The Morgan fingerprint density at radius 2 is 1.63 bits per heavy atom. The van der Waals surface area contributed by atoms with Crippen LogP contribution in [0.1, 0.15) is 11.1 Å². The first-order valence-electron chi connectivity index (χ1n) is 7.45. The molecule has 0 amide bonds. The minimum Gasteiger partial charge on any atom is -0.326 e. The summed E-state index contributed by atoms with van der Waals surface area (Å²) in [6, 6.07) is 9.42. The number of hydrogen-bond acceptors (Lipinski definition) is 3. The molecule has 0 spiro atoms. The maximum absolute atomic E-state index is 6.69. The Kier molecular flexibility index (Phi) is 2.53. The molecule has 3 heteroatoms. The van der Waals surface area contributed by atoms with Gasteiger partial charge >= 0.3 is 0 Å². The van der Waals surface area contributed by atoms with E-state index < -0.39 is 0 Å². The van der Waals surface area contributed by atoms with Crippen LogP contribution in [0.25, 0.3) is 0 Å². The molecule has 1 aromatic carbocycles. The van der Waals surface area contributed by atoms with Crippen molar-refractivity contribution < 1.29 is 0 Å². The van der Waals surface area contributed by atoms with Gasteiger partial charge in [0.25, 0.3) is 0 Å². The lowest BCUT2D eigenvalue weighted by Crippen LogP contribution is -2.68. The predicted octanol–water partition coefficient (Wildman–Crippen LogP) is 0.821. The van der Waals surface area contributed by atoms with E-state index in [1.165, 1.54) is 37.3 Å². The summed E-state index contributed by atoms with van der Waals surface area (Å²) in [5.41, 5.74) is 9.63. The molecule has 4 aliphatic rings. The first-order chi connectivity index (χ1) is 9.17. The van der Waals surface area contributed by atoms with Crippen molar-refractivity contribution in [1.29, 1.82) is 0 Å². The molecule has 0 aromatic heterocycles. The summed E-state index contributed by atoms with van der Waals surface area (Å²) in [6.07, 6.45) is 0. The Balaban J connectivity index is 1.81. The first kappa shape index (κ1) is 11.9. The minimum absolute atomic E-state index is 0.158. The highest BCUT2D eigenvalue weighted by Crippen LogP contribution is 2.42. The van der Waals surface area contributed by atoms with E-state index >= 15 is 0 Å². The standard InChI is InChI=1S/C16H23N3/c1-12-2-4-14(5-3-12)16-10-18-6-7-19(11-16)9-13(8-18)15(16)17/h2-5,13,15H,6-11,17H2,1H3. The maximum atomic E-state index is 6.69. The number of piperidine rings is 2. The first-order valence-corrected chi connectivity index (χ1v) is 7.45. The van der Waals surface area contributed by atoms with E-state index in [9.17, 15) is 0 Å². The van der Waals surface area contributed by atoms with E-state index in [0.29, 0.717) is 12.0 Å². The number of fused-ring (bicyclic) bond motifs is 1. The Morgan fingerprint density at radius 3 is 2.21 bits per heavy atom. The molecular formula is C16H23N3. The van der Waals surface area contributed by atoms with E-state index in [1.807, 2.05) is 0 Å². The summed E-state index contributed by atoms with van der Waals surface area (Å²) in [7, 11) is 0. The zero-order valence-corrected chi connectivity index (χ0v) is 11.7. The lowest BCUT2D eigenvalue weighted by Gasteiger charge is -2.54. The van der Waals surface area contributed by atoms with Crippen LogP contribution < -0.4 is 5.73 Å². The van der Waals surface area contributed by atoms with Gasteiger partial charge < -0.3 is 15.5 Å². The molecule has 4 aliphatic heterocycles. The fourth-order valence-corrected chi connectivity index (χ4v) is 4.47. The molecule has 3 atom stereocenters. The zero-order valence-electron chi connectivity index (χ0n) is 11.7. The fourth-order valence-electron chi connectivity index (χ4n) is 4.47. The summed E-state index contributed by atoms with van der Waals surface area (Å²) in [5, 5.41) is 0. The number of rotatable bonds is 1. The van der Waals surface area contributed by atoms with Gasteiger partial charge in [-0.3, -0.25) is 0 Å². The Labute approximate surface area is 115 Å². The fraction of sp³-hybridized carbons (Fsp3) is 0.625. The summed E-state index contributed by atoms with van der Waals surface area (Å²) in [4.78, 5) is 5.28. The van der Waals surface area contributed by atoms with Crippen LogP contribution in [0.15, 0.2) is 24.3 Å². The molecule has 4 bridgehead atoms. The third kappa shape index (κ3) is 1.69. The quantitative estimate of drug-likeness (QED) is 0.808. The molecule has 1 aromatic rings. The van der Waals surface area contributed by atoms with Crippen molar-refractivity contribution in [2.45, 2.75) is 18.4 Å². The van der Waals surface area contributed by atoms with Gasteiger partial charge in [-0.15, -0.1) is 0 Å². The van der Waals surface area contributed by atoms with Crippen molar-refractivity contribution in [1.82, 2.24) is 9.80 Å².